The maximum atomic E-state index is 13.0. The van der Waals surface area contributed by atoms with Crippen LogP contribution >= 0.6 is 0 Å². The maximum Gasteiger partial charge on any atom is 0.248 e. The second kappa shape index (κ2) is 9.60. The summed E-state index contributed by atoms with van der Waals surface area (Å²) in [6, 6.07) is 11.4. The van der Waals surface area contributed by atoms with E-state index in [1.165, 1.54) is 4.31 Å². The monoisotopic (exact) mass is 416 g/mol. The van der Waals surface area contributed by atoms with Crippen LogP contribution in [0.15, 0.2) is 55.1 Å². The number of sulfonamides is 1. The van der Waals surface area contributed by atoms with Crippen molar-refractivity contribution in [3.8, 4) is 5.75 Å². The first-order valence-electron chi connectivity index (χ1n) is 9.38. The van der Waals surface area contributed by atoms with Gasteiger partial charge in [0.25, 0.3) is 0 Å². The molecule has 7 heteroatoms. The topological polar surface area (TPSA) is 75.7 Å². The Kier molecular flexibility index (Phi) is 7.45. The number of amides is 1. The highest BCUT2D eigenvalue weighted by Crippen LogP contribution is 2.26. The van der Waals surface area contributed by atoms with E-state index in [0.29, 0.717) is 30.2 Å². The summed E-state index contributed by atoms with van der Waals surface area (Å²) in [6.07, 6.45) is 3.06. The van der Waals surface area contributed by atoms with E-state index >= 15 is 0 Å². The summed E-state index contributed by atoms with van der Waals surface area (Å²) in [4.78, 5) is 13.0. The Labute approximate surface area is 173 Å². The Morgan fingerprint density at radius 1 is 1.21 bits per heavy atom. The third-order valence-corrected chi connectivity index (χ3v) is 5.72. The van der Waals surface area contributed by atoms with Crippen LogP contribution in [0.1, 0.15) is 24.5 Å². The molecule has 2 aromatic carbocycles. The number of anilines is 2. The van der Waals surface area contributed by atoms with Crippen LogP contribution in [-0.4, -0.2) is 33.2 Å². The van der Waals surface area contributed by atoms with Gasteiger partial charge in [-0.3, -0.25) is 9.10 Å². The molecule has 1 atom stereocenters. The third-order valence-electron chi connectivity index (χ3n) is 4.54. The number of nitrogens with one attached hydrogen (secondary N) is 1. The van der Waals surface area contributed by atoms with E-state index in [0.717, 1.165) is 17.4 Å². The van der Waals surface area contributed by atoms with Crippen LogP contribution in [-0.2, 0) is 14.8 Å². The lowest BCUT2D eigenvalue weighted by Gasteiger charge is -2.30. The van der Waals surface area contributed by atoms with E-state index in [-0.39, 0.29) is 0 Å². The minimum absolute atomic E-state index is 0.318. The molecular weight excluding hydrogens is 388 g/mol. The van der Waals surface area contributed by atoms with Crippen molar-refractivity contribution in [2.75, 3.05) is 22.5 Å². The Hall–Kier alpha value is -2.80. The quantitative estimate of drug-likeness (QED) is 0.626. The molecule has 0 aliphatic heterocycles. The number of rotatable bonds is 9. The van der Waals surface area contributed by atoms with Gasteiger partial charge in [0, 0.05) is 11.8 Å². The van der Waals surface area contributed by atoms with Gasteiger partial charge in [0.05, 0.1) is 11.9 Å². The molecule has 0 fully saturated rings. The number of carbonyl (C=O) groups excluding carboxylic acids is 1. The van der Waals surface area contributed by atoms with Crippen LogP contribution in [0.2, 0.25) is 0 Å². The van der Waals surface area contributed by atoms with E-state index in [2.05, 4.69) is 11.9 Å². The van der Waals surface area contributed by atoms with Crippen LogP contribution in [0.5, 0.6) is 5.75 Å². The van der Waals surface area contributed by atoms with Gasteiger partial charge in [0.2, 0.25) is 15.9 Å². The number of carbonyl (C=O) groups is 1. The number of hydrogen-bond donors (Lipinski definition) is 1. The zero-order valence-electron chi connectivity index (χ0n) is 17.3. The largest absolute Gasteiger partial charge is 0.489 e. The number of benzene rings is 2. The van der Waals surface area contributed by atoms with Crippen LogP contribution in [0.3, 0.4) is 0 Å². The number of nitrogens with zero attached hydrogens (tertiary/aromatic N) is 1. The molecular formula is C22H28N2O4S. The van der Waals surface area contributed by atoms with Crippen LogP contribution in [0.4, 0.5) is 11.4 Å². The third kappa shape index (κ3) is 5.84. The summed E-state index contributed by atoms with van der Waals surface area (Å²) in [6.45, 7) is 9.61. The molecule has 0 saturated carbocycles. The first kappa shape index (κ1) is 22.5. The van der Waals surface area contributed by atoms with Gasteiger partial charge in [0.15, 0.2) is 0 Å². The van der Waals surface area contributed by atoms with Gasteiger partial charge >= 0.3 is 0 Å². The molecule has 6 nitrogen and oxygen atoms in total. The molecule has 2 aromatic rings. The number of ether oxygens (including phenoxy) is 1. The summed E-state index contributed by atoms with van der Waals surface area (Å²) in [5.41, 5.74) is 3.01. The average molecular weight is 417 g/mol. The van der Waals surface area contributed by atoms with Gasteiger partial charge in [0.1, 0.15) is 18.4 Å². The van der Waals surface area contributed by atoms with Crippen LogP contribution in [0, 0.1) is 13.8 Å². The van der Waals surface area contributed by atoms with Crippen molar-refractivity contribution < 1.29 is 17.9 Å². The van der Waals surface area contributed by atoms with Gasteiger partial charge in [-0.25, -0.2) is 8.42 Å². The lowest BCUT2D eigenvalue weighted by molar-refractivity contribution is -0.117. The number of hydrogen-bond acceptors (Lipinski definition) is 4. The van der Waals surface area contributed by atoms with Gasteiger partial charge in [-0.2, -0.15) is 0 Å². The van der Waals surface area contributed by atoms with Gasteiger partial charge in [-0.05, 0) is 55.7 Å². The van der Waals surface area contributed by atoms with E-state index < -0.39 is 22.0 Å². The first-order chi connectivity index (χ1) is 13.7. The van der Waals surface area contributed by atoms with Crippen molar-refractivity contribution in [2.45, 2.75) is 33.2 Å². The van der Waals surface area contributed by atoms with E-state index in [1.54, 1.807) is 49.4 Å². The molecule has 156 valence electrons. The Balaban J connectivity index is 2.33. The van der Waals surface area contributed by atoms with Crippen molar-refractivity contribution in [1.29, 1.82) is 0 Å². The molecule has 0 radical (unpaired) electrons. The summed E-state index contributed by atoms with van der Waals surface area (Å²) in [7, 11) is -3.68. The highest BCUT2D eigenvalue weighted by molar-refractivity contribution is 7.92. The molecule has 0 unspecified atom stereocenters. The second-order valence-corrected chi connectivity index (χ2v) is 8.73. The highest BCUT2D eigenvalue weighted by Gasteiger charge is 2.31. The fraction of sp³-hybridized carbons (Fsp3) is 0.318. The highest BCUT2D eigenvalue weighted by atomic mass is 32.2. The van der Waals surface area contributed by atoms with E-state index in [9.17, 15) is 13.2 Å². The molecule has 0 saturated heterocycles. The molecule has 0 heterocycles. The predicted octanol–water partition coefficient (Wildman–Crippen LogP) is 4.05. The fourth-order valence-electron chi connectivity index (χ4n) is 2.97. The van der Waals surface area contributed by atoms with Gasteiger partial charge in [-0.1, -0.05) is 31.7 Å². The second-order valence-electron chi connectivity index (χ2n) is 6.87. The molecule has 1 amide bonds. The van der Waals surface area contributed by atoms with E-state index in [1.807, 2.05) is 19.9 Å². The maximum absolute atomic E-state index is 13.0. The molecule has 0 aliphatic rings. The number of aryl methyl sites for hydroxylation is 2. The summed E-state index contributed by atoms with van der Waals surface area (Å²) in [5.74, 6) is 0.182. The Bertz CT molecular complexity index is 986. The lowest BCUT2D eigenvalue weighted by atomic mass is 10.1. The summed E-state index contributed by atoms with van der Waals surface area (Å²) in [5, 5.41) is 2.81. The summed E-state index contributed by atoms with van der Waals surface area (Å²) < 4.78 is 31.8. The zero-order valence-corrected chi connectivity index (χ0v) is 18.1. The van der Waals surface area contributed by atoms with Crippen molar-refractivity contribution in [2.24, 2.45) is 0 Å². The van der Waals surface area contributed by atoms with Crippen molar-refractivity contribution >= 4 is 27.3 Å². The lowest BCUT2D eigenvalue weighted by Crippen LogP contribution is -2.47. The van der Waals surface area contributed by atoms with Crippen LogP contribution < -0.4 is 14.4 Å². The summed E-state index contributed by atoms with van der Waals surface area (Å²) >= 11 is 0. The fourth-order valence-corrected chi connectivity index (χ4v) is 4.17. The Morgan fingerprint density at radius 2 is 1.93 bits per heavy atom. The van der Waals surface area contributed by atoms with Gasteiger partial charge in [-0.15, -0.1) is 0 Å². The molecule has 0 spiro atoms. The minimum atomic E-state index is -3.68. The minimum Gasteiger partial charge on any atom is -0.489 e. The first-order valence-corrected chi connectivity index (χ1v) is 11.2. The normalized spacial score (nSPS) is 12.1. The molecule has 0 bridgehead atoms. The smallest absolute Gasteiger partial charge is 0.248 e. The molecule has 0 aromatic heterocycles. The van der Waals surface area contributed by atoms with Gasteiger partial charge < -0.3 is 10.1 Å². The molecule has 1 N–H and O–H groups in total. The SMILES string of the molecule is C=CCOc1cccc(NC(=O)[C@H](CC)N(c2ccc(C)c(C)c2)S(C)(=O)=O)c1. The Morgan fingerprint density at radius 3 is 2.52 bits per heavy atom. The standard InChI is InChI=1S/C22H28N2O4S/c1-6-13-28-20-10-8-9-18(15-20)23-22(25)21(7-2)24(29(5,26)27)19-12-11-16(3)17(4)14-19/h6,8-12,14-15,21H,1,7,13H2,2-5H3,(H,23,25)/t21-/m0/s1. The van der Waals surface area contributed by atoms with Crippen molar-refractivity contribution in [3.63, 3.8) is 0 Å². The van der Waals surface area contributed by atoms with E-state index in [4.69, 9.17) is 4.74 Å². The molecule has 29 heavy (non-hydrogen) atoms. The molecule has 2 rings (SSSR count). The predicted molar refractivity (Wildman–Crippen MR) is 118 cm³/mol. The zero-order chi connectivity index (χ0) is 21.6. The molecule has 0 aliphatic carbocycles. The van der Waals surface area contributed by atoms with Crippen molar-refractivity contribution in [3.05, 3.63) is 66.2 Å². The van der Waals surface area contributed by atoms with Crippen molar-refractivity contribution in [1.82, 2.24) is 0 Å². The van der Waals surface area contributed by atoms with Crippen LogP contribution in [0.25, 0.3) is 0 Å². The average Bonchev–Trinajstić information content (AvgIpc) is 2.66.